The third kappa shape index (κ3) is 4.23. The van der Waals surface area contributed by atoms with Gasteiger partial charge >= 0.3 is 0 Å². The second-order valence-corrected chi connectivity index (χ2v) is 8.65. The summed E-state index contributed by atoms with van der Waals surface area (Å²) >= 11 is 0. The molecule has 4 heterocycles. The van der Waals surface area contributed by atoms with E-state index in [0.29, 0.717) is 43.1 Å². The number of hydrogen-bond acceptors (Lipinski definition) is 5. The van der Waals surface area contributed by atoms with Gasteiger partial charge in [-0.1, -0.05) is 24.3 Å². The summed E-state index contributed by atoms with van der Waals surface area (Å²) in [4.78, 5) is 44.0. The Labute approximate surface area is 193 Å². The number of aromatic nitrogens is 3. The molecule has 0 saturated carbocycles. The van der Waals surface area contributed by atoms with E-state index < -0.39 is 0 Å². The number of nitrogens with zero attached hydrogens (tertiary/aromatic N) is 5. The number of likely N-dealkylation sites (tertiary alicyclic amines) is 1. The molecule has 168 valence electrons. The molecule has 33 heavy (non-hydrogen) atoms. The number of aryl methyl sites for hydroxylation is 1. The highest BCUT2D eigenvalue weighted by molar-refractivity contribution is 5.96. The number of amides is 2. The smallest absolute Gasteiger partial charge is 0.254 e. The number of pyridine rings is 1. The van der Waals surface area contributed by atoms with Gasteiger partial charge in [-0.05, 0) is 56.9 Å². The fraction of sp³-hybridized carbons (Fsp3) is 0.346. The van der Waals surface area contributed by atoms with Gasteiger partial charge in [-0.2, -0.15) is 0 Å². The van der Waals surface area contributed by atoms with Gasteiger partial charge in [-0.25, -0.2) is 9.97 Å². The number of benzene rings is 1. The predicted octanol–water partition coefficient (Wildman–Crippen LogP) is 4.03. The fourth-order valence-corrected chi connectivity index (χ4v) is 4.76. The highest BCUT2D eigenvalue weighted by atomic mass is 16.2. The minimum atomic E-state index is -0.204. The topological polar surface area (TPSA) is 79.3 Å². The van der Waals surface area contributed by atoms with Gasteiger partial charge in [0.05, 0.1) is 18.3 Å². The second kappa shape index (κ2) is 9.10. The summed E-state index contributed by atoms with van der Waals surface area (Å²) < 4.78 is 0. The maximum absolute atomic E-state index is 13.3. The number of rotatable bonds is 4. The average Bonchev–Trinajstić information content (AvgIpc) is 2.86. The Kier molecular flexibility index (Phi) is 5.86. The zero-order valence-corrected chi connectivity index (χ0v) is 18.8. The number of carbonyl (C=O) groups excluding carboxylic acids is 2. The third-order valence-corrected chi connectivity index (χ3v) is 6.48. The first-order valence-electron chi connectivity index (χ1n) is 11.6. The van der Waals surface area contributed by atoms with E-state index >= 15 is 0 Å². The number of hydrogen-bond donors (Lipinski definition) is 0. The zero-order chi connectivity index (χ0) is 22.8. The molecule has 2 aromatic heterocycles. The lowest BCUT2D eigenvalue weighted by Crippen LogP contribution is -2.40. The largest absolute Gasteiger partial charge is 0.328 e. The van der Waals surface area contributed by atoms with Crippen LogP contribution in [0.4, 0.5) is 5.82 Å². The molecular weight excluding hydrogens is 414 g/mol. The van der Waals surface area contributed by atoms with E-state index in [4.69, 9.17) is 9.97 Å². The molecule has 5 rings (SSSR count). The molecule has 1 fully saturated rings. The predicted molar refractivity (Wildman–Crippen MR) is 125 cm³/mol. The first-order valence-corrected chi connectivity index (χ1v) is 11.6. The van der Waals surface area contributed by atoms with E-state index in [0.717, 1.165) is 36.2 Å². The summed E-state index contributed by atoms with van der Waals surface area (Å²) in [6.07, 6.45) is 5.59. The van der Waals surface area contributed by atoms with Crippen molar-refractivity contribution in [2.24, 2.45) is 0 Å². The number of anilines is 1. The van der Waals surface area contributed by atoms with Crippen LogP contribution in [0.25, 0.3) is 0 Å². The third-order valence-electron chi connectivity index (χ3n) is 6.48. The van der Waals surface area contributed by atoms with E-state index in [1.807, 2.05) is 60.4 Å². The molecule has 3 aromatic rings. The molecule has 1 aromatic carbocycles. The van der Waals surface area contributed by atoms with Crippen molar-refractivity contribution >= 4 is 17.6 Å². The van der Waals surface area contributed by atoms with Crippen LogP contribution in [-0.4, -0.2) is 38.2 Å². The number of piperidine rings is 1. The van der Waals surface area contributed by atoms with E-state index in [9.17, 15) is 9.59 Å². The first kappa shape index (κ1) is 21.2. The van der Waals surface area contributed by atoms with E-state index in [1.165, 1.54) is 0 Å². The zero-order valence-electron chi connectivity index (χ0n) is 18.8. The lowest BCUT2D eigenvalue weighted by Gasteiger charge is -2.36. The normalized spacial score (nSPS) is 18.2. The molecule has 0 bridgehead atoms. The van der Waals surface area contributed by atoms with Crippen molar-refractivity contribution in [1.82, 2.24) is 19.9 Å². The van der Waals surface area contributed by atoms with Crippen LogP contribution >= 0.6 is 0 Å². The van der Waals surface area contributed by atoms with Crippen molar-refractivity contribution in [2.45, 2.75) is 51.6 Å². The molecule has 1 atom stereocenters. The van der Waals surface area contributed by atoms with Crippen LogP contribution in [-0.2, 0) is 17.8 Å². The van der Waals surface area contributed by atoms with Gasteiger partial charge in [0.1, 0.15) is 5.82 Å². The van der Waals surface area contributed by atoms with Gasteiger partial charge in [-0.3, -0.25) is 19.5 Å². The number of fused-ring (bicyclic) bond motifs is 1. The highest BCUT2D eigenvalue weighted by Crippen LogP contribution is 2.35. The molecule has 7 heteroatoms. The molecule has 7 nitrogen and oxygen atoms in total. The summed E-state index contributed by atoms with van der Waals surface area (Å²) in [5.41, 5.74) is 3.37. The Bertz CT molecular complexity index is 1170. The molecule has 0 radical (unpaired) electrons. The van der Waals surface area contributed by atoms with Crippen LogP contribution in [0.3, 0.4) is 0 Å². The molecule has 0 spiro atoms. The fourth-order valence-electron chi connectivity index (χ4n) is 4.76. The van der Waals surface area contributed by atoms with E-state index in [2.05, 4.69) is 4.98 Å². The van der Waals surface area contributed by atoms with Crippen LogP contribution in [0.15, 0.2) is 54.7 Å². The van der Waals surface area contributed by atoms with Crippen molar-refractivity contribution in [1.29, 1.82) is 0 Å². The highest BCUT2D eigenvalue weighted by Gasteiger charge is 2.34. The lowest BCUT2D eigenvalue weighted by atomic mass is 9.98. The first-order chi connectivity index (χ1) is 16.1. The van der Waals surface area contributed by atoms with Crippen LogP contribution in [0.2, 0.25) is 0 Å². The van der Waals surface area contributed by atoms with Crippen molar-refractivity contribution in [3.05, 3.63) is 83.1 Å². The van der Waals surface area contributed by atoms with E-state index in [-0.39, 0.29) is 17.9 Å². The Hall–Kier alpha value is -3.61. The number of carbonyl (C=O) groups is 2. The molecular formula is C26H27N5O2. The maximum Gasteiger partial charge on any atom is 0.254 e. The van der Waals surface area contributed by atoms with Gasteiger partial charge in [0.2, 0.25) is 5.91 Å². The van der Waals surface area contributed by atoms with Crippen molar-refractivity contribution < 1.29 is 9.59 Å². The molecule has 2 aliphatic rings. The van der Waals surface area contributed by atoms with Gasteiger partial charge in [0.15, 0.2) is 5.82 Å². The Morgan fingerprint density at radius 1 is 1.03 bits per heavy atom. The summed E-state index contributed by atoms with van der Waals surface area (Å²) in [5.74, 6) is 1.33. The Balaban J connectivity index is 1.51. The lowest BCUT2D eigenvalue weighted by molar-refractivity contribution is -0.119. The second-order valence-electron chi connectivity index (χ2n) is 8.65. The summed E-state index contributed by atoms with van der Waals surface area (Å²) in [7, 11) is 0. The average molecular weight is 442 g/mol. The molecule has 2 aliphatic heterocycles. The minimum absolute atomic E-state index is 0.000641. The SMILES string of the molecule is Cc1nc([C@H]2CCCCN2C(=O)c2ccccc2)nc2c1CCC(=O)N2Cc1ccccn1. The van der Waals surface area contributed by atoms with Gasteiger partial charge in [0, 0.05) is 36.0 Å². The molecule has 0 aliphatic carbocycles. The Morgan fingerprint density at radius 3 is 2.64 bits per heavy atom. The van der Waals surface area contributed by atoms with Crippen LogP contribution in [0.5, 0.6) is 0 Å². The van der Waals surface area contributed by atoms with Crippen LogP contribution < -0.4 is 4.90 Å². The van der Waals surface area contributed by atoms with Gasteiger partial charge < -0.3 is 4.90 Å². The molecule has 2 amide bonds. The maximum atomic E-state index is 13.3. The van der Waals surface area contributed by atoms with Crippen molar-refractivity contribution in [3.63, 3.8) is 0 Å². The van der Waals surface area contributed by atoms with Crippen LogP contribution in [0.1, 0.15) is 64.9 Å². The summed E-state index contributed by atoms with van der Waals surface area (Å²) in [5, 5.41) is 0. The van der Waals surface area contributed by atoms with Crippen molar-refractivity contribution in [2.75, 3.05) is 11.4 Å². The Morgan fingerprint density at radius 2 is 1.85 bits per heavy atom. The molecule has 1 saturated heterocycles. The monoisotopic (exact) mass is 441 g/mol. The summed E-state index contributed by atoms with van der Waals surface area (Å²) in [6.45, 7) is 3.03. The van der Waals surface area contributed by atoms with Gasteiger partial charge in [0.25, 0.3) is 5.91 Å². The standard InChI is InChI=1S/C26H27N5O2/c1-18-21-13-14-23(32)31(17-20-11-5-7-15-27-20)25(21)29-24(28-18)22-12-6-8-16-30(22)26(33)19-9-3-2-4-10-19/h2-5,7,9-11,15,22H,6,8,12-14,16-17H2,1H3/t22-/m1/s1. The van der Waals surface area contributed by atoms with E-state index in [1.54, 1.807) is 11.1 Å². The van der Waals surface area contributed by atoms with Gasteiger partial charge in [-0.15, -0.1) is 0 Å². The molecule has 0 unspecified atom stereocenters. The summed E-state index contributed by atoms with van der Waals surface area (Å²) in [6, 6.07) is 14.9. The molecule has 0 N–H and O–H groups in total. The minimum Gasteiger partial charge on any atom is -0.328 e. The van der Waals surface area contributed by atoms with Crippen LogP contribution in [0, 0.1) is 6.92 Å². The van der Waals surface area contributed by atoms with Crippen molar-refractivity contribution in [3.8, 4) is 0 Å². The quantitative estimate of drug-likeness (QED) is 0.611.